The molecule has 3 atom stereocenters. The van der Waals surface area contributed by atoms with Crippen LogP contribution in [0.25, 0.3) is 0 Å². The molecule has 1 aromatic rings. The van der Waals surface area contributed by atoms with Gasteiger partial charge in [0.15, 0.2) is 0 Å². The van der Waals surface area contributed by atoms with Gasteiger partial charge in [-0.05, 0) is 56.0 Å². The Morgan fingerprint density at radius 1 is 1.20 bits per heavy atom. The van der Waals surface area contributed by atoms with Crippen LogP contribution in [0.15, 0.2) is 24.3 Å². The van der Waals surface area contributed by atoms with Gasteiger partial charge in [0.25, 0.3) is 5.69 Å². The second-order valence-corrected chi connectivity index (χ2v) is 9.02. The molecule has 4 saturated heterocycles. The van der Waals surface area contributed by atoms with E-state index in [0.717, 1.165) is 32.5 Å². The van der Waals surface area contributed by atoms with Crippen LogP contribution in [0.4, 0.5) is 10.5 Å². The van der Waals surface area contributed by atoms with E-state index in [0.29, 0.717) is 24.4 Å². The monoisotopic (exact) mass is 434 g/mol. The van der Waals surface area contributed by atoms with E-state index >= 15 is 0 Å². The first-order valence-electron chi connectivity index (χ1n) is 10.3. The highest BCUT2D eigenvalue weighted by Gasteiger charge is 2.42. The van der Waals surface area contributed by atoms with Gasteiger partial charge in [0, 0.05) is 36.5 Å². The lowest BCUT2D eigenvalue weighted by molar-refractivity contribution is -0.384. The topological polar surface area (TPSA) is 105 Å². The van der Waals surface area contributed by atoms with Gasteiger partial charge in [-0.25, -0.2) is 4.79 Å². The third-order valence-electron chi connectivity index (χ3n) is 6.31. The third kappa shape index (κ3) is 4.54. The first-order valence-corrected chi connectivity index (χ1v) is 10.8. The van der Waals surface area contributed by atoms with Gasteiger partial charge in [-0.3, -0.25) is 19.8 Å². The van der Waals surface area contributed by atoms with Gasteiger partial charge in [-0.2, -0.15) is 12.6 Å². The van der Waals surface area contributed by atoms with E-state index in [1.54, 1.807) is 12.1 Å². The number of ether oxygens (including phenoxy) is 1. The van der Waals surface area contributed by atoms with Crippen molar-refractivity contribution in [2.45, 2.75) is 43.2 Å². The molecule has 10 heteroatoms. The number of thiol groups is 1. The maximum atomic E-state index is 12.9. The number of non-ortho nitro benzene ring substituents is 1. The molecule has 30 heavy (non-hydrogen) atoms. The number of carbonyl (C=O) groups is 2. The summed E-state index contributed by atoms with van der Waals surface area (Å²) in [6.07, 6.45) is 2.12. The molecule has 0 aliphatic carbocycles. The number of rotatable bonds is 5. The summed E-state index contributed by atoms with van der Waals surface area (Å²) in [4.78, 5) is 39.7. The molecule has 2 unspecified atom stereocenters. The fraction of sp³-hybridized carbons (Fsp3) is 0.600. The number of hydrogen-bond donors (Lipinski definition) is 2. The predicted molar refractivity (Wildman–Crippen MR) is 112 cm³/mol. The number of hydrogen-bond acceptors (Lipinski definition) is 7. The highest BCUT2D eigenvalue weighted by atomic mass is 32.1. The van der Waals surface area contributed by atoms with Crippen LogP contribution in [-0.2, 0) is 16.1 Å². The van der Waals surface area contributed by atoms with Gasteiger partial charge in [0.1, 0.15) is 12.6 Å². The van der Waals surface area contributed by atoms with Crippen molar-refractivity contribution in [1.29, 1.82) is 0 Å². The largest absolute Gasteiger partial charge is 0.445 e. The molecule has 0 spiro atoms. The highest BCUT2D eigenvalue weighted by Crippen LogP contribution is 2.29. The molecule has 5 rings (SSSR count). The molecule has 1 aromatic carbocycles. The molecule has 0 aromatic heterocycles. The molecule has 4 aliphatic rings. The van der Waals surface area contributed by atoms with Crippen molar-refractivity contribution in [1.82, 2.24) is 15.1 Å². The zero-order chi connectivity index (χ0) is 21.3. The van der Waals surface area contributed by atoms with Crippen molar-refractivity contribution < 1.29 is 19.2 Å². The van der Waals surface area contributed by atoms with Gasteiger partial charge in [-0.15, -0.1) is 0 Å². The quantitative estimate of drug-likeness (QED) is 0.416. The van der Waals surface area contributed by atoms with E-state index in [-0.39, 0.29) is 29.5 Å². The van der Waals surface area contributed by atoms with Crippen LogP contribution in [0.5, 0.6) is 0 Å². The number of piperidine rings is 3. The Bertz CT molecular complexity index is 812. The predicted octanol–water partition coefficient (Wildman–Crippen LogP) is 1.81. The van der Waals surface area contributed by atoms with E-state index < -0.39 is 17.1 Å². The Kier molecular flexibility index (Phi) is 6.14. The molecular weight excluding hydrogens is 408 g/mol. The number of nitrogens with zero attached hydrogens (tertiary/aromatic N) is 3. The molecule has 2 amide bonds. The van der Waals surface area contributed by atoms with Gasteiger partial charge in [0.05, 0.1) is 4.92 Å². The van der Waals surface area contributed by atoms with E-state index in [2.05, 4.69) is 22.8 Å². The Hall–Kier alpha value is -2.33. The number of nitro groups is 1. The van der Waals surface area contributed by atoms with Crippen LogP contribution in [0.1, 0.15) is 24.8 Å². The molecule has 162 valence electrons. The van der Waals surface area contributed by atoms with Gasteiger partial charge in [-0.1, -0.05) is 0 Å². The summed E-state index contributed by atoms with van der Waals surface area (Å²) in [7, 11) is 0. The summed E-state index contributed by atoms with van der Waals surface area (Å²) < 4.78 is 5.38. The van der Waals surface area contributed by atoms with Crippen LogP contribution in [0.3, 0.4) is 0 Å². The number of carbonyl (C=O) groups excluding carboxylic acids is 2. The Morgan fingerprint density at radius 2 is 1.90 bits per heavy atom. The highest BCUT2D eigenvalue weighted by molar-refractivity contribution is 7.81. The maximum Gasteiger partial charge on any atom is 0.410 e. The first kappa shape index (κ1) is 20.9. The molecule has 4 heterocycles. The molecule has 4 fully saturated rings. The fourth-order valence-electron chi connectivity index (χ4n) is 4.61. The summed E-state index contributed by atoms with van der Waals surface area (Å²) in [5.41, 5.74) is 0.621. The summed E-state index contributed by atoms with van der Waals surface area (Å²) in [6, 6.07) is 5.38. The van der Waals surface area contributed by atoms with Crippen LogP contribution in [0.2, 0.25) is 0 Å². The lowest BCUT2D eigenvalue weighted by Gasteiger charge is -2.45. The summed E-state index contributed by atoms with van der Waals surface area (Å²) >= 11 is 4.48. The normalized spacial score (nSPS) is 30.2. The second-order valence-electron chi connectivity index (χ2n) is 8.29. The average Bonchev–Trinajstić information content (AvgIpc) is 3.15. The minimum Gasteiger partial charge on any atom is -0.445 e. The molecule has 0 radical (unpaired) electrons. The lowest BCUT2D eigenvalue weighted by Crippen LogP contribution is -2.59. The number of amides is 2. The fourth-order valence-corrected chi connectivity index (χ4v) is 4.99. The van der Waals surface area contributed by atoms with E-state index in [1.165, 1.54) is 17.0 Å². The SMILES string of the molecule is O=C(NC1CN2CCC1CC2)C1C[C@H](S)CN1C(=O)OCc1ccc([N+](=O)[O-])cc1. The second kappa shape index (κ2) is 8.81. The average molecular weight is 435 g/mol. The Morgan fingerprint density at radius 3 is 2.50 bits per heavy atom. The van der Waals surface area contributed by atoms with Crippen LogP contribution < -0.4 is 5.32 Å². The van der Waals surface area contributed by atoms with Gasteiger partial charge < -0.3 is 15.0 Å². The number of nitrogens with one attached hydrogen (secondary N) is 1. The van der Waals surface area contributed by atoms with Crippen molar-refractivity contribution in [3.05, 3.63) is 39.9 Å². The smallest absolute Gasteiger partial charge is 0.410 e. The molecular formula is C20H26N4O5S. The Labute approximate surface area is 180 Å². The molecule has 1 N–H and O–H groups in total. The van der Waals surface area contributed by atoms with E-state index in [9.17, 15) is 19.7 Å². The molecule has 2 bridgehead atoms. The minimum absolute atomic E-state index is 0.0153. The first-order chi connectivity index (χ1) is 14.4. The van der Waals surface area contributed by atoms with Crippen LogP contribution in [-0.4, -0.2) is 70.2 Å². The number of likely N-dealkylation sites (tertiary alicyclic amines) is 1. The molecule has 9 nitrogen and oxygen atoms in total. The van der Waals surface area contributed by atoms with Crippen LogP contribution in [0, 0.1) is 16.0 Å². The number of fused-ring (bicyclic) bond motifs is 3. The maximum absolute atomic E-state index is 12.9. The van der Waals surface area contributed by atoms with Crippen molar-refractivity contribution in [2.24, 2.45) is 5.92 Å². The van der Waals surface area contributed by atoms with Gasteiger partial charge >= 0.3 is 6.09 Å². The minimum atomic E-state index is -0.590. The van der Waals surface area contributed by atoms with Crippen molar-refractivity contribution in [3.8, 4) is 0 Å². The van der Waals surface area contributed by atoms with E-state index in [4.69, 9.17) is 4.74 Å². The number of benzene rings is 1. The van der Waals surface area contributed by atoms with Gasteiger partial charge in [0.2, 0.25) is 5.91 Å². The van der Waals surface area contributed by atoms with Crippen molar-refractivity contribution in [3.63, 3.8) is 0 Å². The van der Waals surface area contributed by atoms with Crippen molar-refractivity contribution in [2.75, 3.05) is 26.2 Å². The standard InChI is InChI=1S/C20H26N4O5S/c25-19(21-17-11-22-7-5-14(17)6-8-22)18-9-16(30)10-23(18)20(26)29-12-13-1-3-15(4-2-13)24(27)28/h1-4,14,16-18,30H,5-12H2,(H,21,25)/t16-,17?,18?/m0/s1. The number of nitro benzene ring substituents is 1. The van der Waals surface area contributed by atoms with Crippen molar-refractivity contribution >= 4 is 30.3 Å². The summed E-state index contributed by atoms with van der Waals surface area (Å²) in [5, 5.41) is 13.8. The zero-order valence-electron chi connectivity index (χ0n) is 16.6. The lowest BCUT2D eigenvalue weighted by atomic mass is 9.84. The summed E-state index contributed by atoms with van der Waals surface area (Å²) in [6.45, 7) is 3.40. The van der Waals surface area contributed by atoms with Crippen LogP contribution >= 0.6 is 12.6 Å². The Balaban J connectivity index is 1.34. The summed E-state index contributed by atoms with van der Waals surface area (Å²) in [5.74, 6) is 0.368. The third-order valence-corrected chi connectivity index (χ3v) is 6.68. The molecule has 4 aliphatic heterocycles. The molecule has 0 saturated carbocycles. The zero-order valence-corrected chi connectivity index (χ0v) is 17.5. The van der Waals surface area contributed by atoms with E-state index in [1.807, 2.05) is 0 Å².